The Morgan fingerprint density at radius 1 is 1.69 bits per heavy atom. The van der Waals surface area contributed by atoms with Gasteiger partial charge in [0.25, 0.3) is 0 Å². The molecule has 1 aliphatic carbocycles. The summed E-state index contributed by atoms with van der Waals surface area (Å²) in [6.45, 7) is 2.78. The minimum atomic E-state index is -0.803. The van der Waals surface area contributed by atoms with Gasteiger partial charge in [-0.25, -0.2) is 0 Å². The summed E-state index contributed by atoms with van der Waals surface area (Å²) in [4.78, 5) is 10.8. The average molecular weight is 224 g/mol. The lowest BCUT2D eigenvalue weighted by molar-refractivity contribution is -0.144. The zero-order chi connectivity index (χ0) is 11.6. The van der Waals surface area contributed by atoms with Crippen LogP contribution in [0.1, 0.15) is 32.6 Å². The third-order valence-corrected chi connectivity index (χ3v) is 3.01. The molecule has 1 aromatic rings. The third-order valence-electron chi connectivity index (χ3n) is 3.01. The van der Waals surface area contributed by atoms with E-state index < -0.39 is 11.6 Å². The van der Waals surface area contributed by atoms with Crippen LogP contribution < -0.4 is 4.74 Å². The maximum atomic E-state index is 10.8. The lowest BCUT2D eigenvalue weighted by atomic mass is 9.77. The van der Waals surface area contributed by atoms with Gasteiger partial charge in [0.2, 0.25) is 0 Å². The topological polar surface area (TPSA) is 64.3 Å². The monoisotopic (exact) mass is 224 g/mol. The van der Waals surface area contributed by atoms with Gasteiger partial charge in [-0.2, -0.15) is 5.10 Å². The smallest absolute Gasteiger partial charge is 0.307 e. The van der Waals surface area contributed by atoms with E-state index in [9.17, 15) is 4.79 Å². The molecule has 0 saturated heterocycles. The second-order valence-electron chi connectivity index (χ2n) is 4.24. The molecule has 16 heavy (non-hydrogen) atoms. The highest BCUT2D eigenvalue weighted by Crippen LogP contribution is 2.39. The van der Waals surface area contributed by atoms with Crippen molar-refractivity contribution in [2.45, 2.75) is 44.8 Å². The van der Waals surface area contributed by atoms with Crippen LogP contribution in [0.3, 0.4) is 0 Å². The fourth-order valence-electron chi connectivity index (χ4n) is 1.98. The molecule has 5 heteroatoms. The summed E-state index contributed by atoms with van der Waals surface area (Å²) in [5, 5.41) is 12.9. The number of hydrogen-bond donors (Lipinski definition) is 1. The van der Waals surface area contributed by atoms with Crippen molar-refractivity contribution >= 4 is 5.97 Å². The molecular weight excluding hydrogens is 208 g/mol. The number of aliphatic carboxylic acids is 1. The SMILES string of the molecule is CCn1cc(OC2(CC(=O)O)CCC2)cn1. The number of carboxylic acids is 1. The van der Waals surface area contributed by atoms with E-state index in [1.807, 2.05) is 13.1 Å². The van der Waals surface area contributed by atoms with Crippen LogP contribution >= 0.6 is 0 Å². The standard InChI is InChI=1S/C11H16N2O3/c1-2-13-8-9(7-12-13)16-11(4-3-5-11)6-10(14)15/h7-8H,2-6H2,1H3,(H,14,15). The average Bonchev–Trinajstić information content (AvgIpc) is 2.61. The van der Waals surface area contributed by atoms with Crippen molar-refractivity contribution in [3.8, 4) is 5.75 Å². The summed E-state index contributed by atoms with van der Waals surface area (Å²) < 4.78 is 7.53. The number of hydrogen-bond acceptors (Lipinski definition) is 3. The van der Waals surface area contributed by atoms with Crippen molar-refractivity contribution in [2.24, 2.45) is 0 Å². The number of ether oxygens (including phenoxy) is 1. The van der Waals surface area contributed by atoms with E-state index in [-0.39, 0.29) is 6.42 Å². The molecule has 1 aromatic heterocycles. The summed E-state index contributed by atoms with van der Waals surface area (Å²) >= 11 is 0. The third kappa shape index (κ3) is 2.18. The van der Waals surface area contributed by atoms with Crippen molar-refractivity contribution in [3.05, 3.63) is 12.4 Å². The first-order valence-electron chi connectivity index (χ1n) is 5.57. The van der Waals surface area contributed by atoms with Crippen molar-refractivity contribution < 1.29 is 14.6 Å². The predicted molar refractivity (Wildman–Crippen MR) is 57.4 cm³/mol. The molecule has 0 unspecified atom stereocenters. The Labute approximate surface area is 94.0 Å². The molecule has 1 heterocycles. The van der Waals surface area contributed by atoms with Gasteiger partial charge >= 0.3 is 5.97 Å². The highest BCUT2D eigenvalue weighted by atomic mass is 16.5. The van der Waals surface area contributed by atoms with Gasteiger partial charge in [0.05, 0.1) is 18.8 Å². The van der Waals surface area contributed by atoms with Gasteiger partial charge in [-0.1, -0.05) is 0 Å². The number of aryl methyl sites for hydroxylation is 1. The number of carbonyl (C=O) groups is 1. The first-order chi connectivity index (χ1) is 7.63. The second-order valence-corrected chi connectivity index (χ2v) is 4.24. The van der Waals surface area contributed by atoms with E-state index >= 15 is 0 Å². The van der Waals surface area contributed by atoms with E-state index in [4.69, 9.17) is 9.84 Å². The van der Waals surface area contributed by atoms with Gasteiger partial charge in [0.1, 0.15) is 5.60 Å². The molecule has 0 spiro atoms. The minimum absolute atomic E-state index is 0.0737. The molecule has 0 aliphatic heterocycles. The van der Waals surface area contributed by atoms with E-state index in [1.54, 1.807) is 10.9 Å². The maximum absolute atomic E-state index is 10.8. The molecule has 0 aromatic carbocycles. The Balaban J connectivity index is 2.03. The number of rotatable bonds is 5. The Morgan fingerprint density at radius 2 is 2.44 bits per heavy atom. The zero-order valence-corrected chi connectivity index (χ0v) is 9.35. The quantitative estimate of drug-likeness (QED) is 0.826. The molecule has 1 fully saturated rings. The molecule has 2 rings (SSSR count). The Bertz CT molecular complexity index is 382. The van der Waals surface area contributed by atoms with Gasteiger partial charge < -0.3 is 9.84 Å². The summed E-state index contributed by atoms with van der Waals surface area (Å²) in [5.74, 6) is -0.134. The molecule has 1 saturated carbocycles. The molecule has 0 bridgehead atoms. The molecule has 5 nitrogen and oxygen atoms in total. The van der Waals surface area contributed by atoms with Crippen molar-refractivity contribution in [2.75, 3.05) is 0 Å². The predicted octanol–water partition coefficient (Wildman–Crippen LogP) is 1.68. The Hall–Kier alpha value is -1.52. The van der Waals surface area contributed by atoms with Crippen LogP contribution in [0.5, 0.6) is 5.75 Å². The minimum Gasteiger partial charge on any atom is -0.483 e. The van der Waals surface area contributed by atoms with Crippen LogP contribution in [-0.2, 0) is 11.3 Å². The van der Waals surface area contributed by atoms with Crippen LogP contribution in [0.15, 0.2) is 12.4 Å². The van der Waals surface area contributed by atoms with Crippen molar-refractivity contribution in [1.82, 2.24) is 9.78 Å². The van der Waals surface area contributed by atoms with Crippen LogP contribution in [0, 0.1) is 0 Å². The van der Waals surface area contributed by atoms with Gasteiger partial charge in [0, 0.05) is 6.54 Å². The van der Waals surface area contributed by atoms with E-state index in [0.29, 0.717) is 5.75 Å². The van der Waals surface area contributed by atoms with Gasteiger partial charge in [-0.3, -0.25) is 9.48 Å². The highest BCUT2D eigenvalue weighted by molar-refractivity contribution is 5.68. The fourth-order valence-corrected chi connectivity index (χ4v) is 1.98. The lowest BCUT2D eigenvalue weighted by Gasteiger charge is -2.40. The zero-order valence-electron chi connectivity index (χ0n) is 9.35. The summed E-state index contributed by atoms with van der Waals surface area (Å²) in [5.41, 5.74) is -0.493. The molecule has 88 valence electrons. The number of nitrogens with zero attached hydrogens (tertiary/aromatic N) is 2. The fraction of sp³-hybridized carbons (Fsp3) is 0.636. The van der Waals surface area contributed by atoms with E-state index in [1.165, 1.54) is 0 Å². The van der Waals surface area contributed by atoms with Crippen LogP contribution in [0.4, 0.5) is 0 Å². The molecule has 0 amide bonds. The van der Waals surface area contributed by atoms with Crippen LogP contribution in [0.2, 0.25) is 0 Å². The van der Waals surface area contributed by atoms with Crippen LogP contribution in [0.25, 0.3) is 0 Å². The molecule has 1 N–H and O–H groups in total. The molecule has 0 radical (unpaired) electrons. The van der Waals surface area contributed by atoms with Crippen LogP contribution in [-0.4, -0.2) is 26.5 Å². The Kier molecular flexibility index (Phi) is 2.85. The van der Waals surface area contributed by atoms with Crippen molar-refractivity contribution in [1.29, 1.82) is 0 Å². The maximum Gasteiger partial charge on any atom is 0.307 e. The normalized spacial score (nSPS) is 17.8. The first-order valence-corrected chi connectivity index (χ1v) is 5.57. The van der Waals surface area contributed by atoms with Gasteiger partial charge in [-0.05, 0) is 26.2 Å². The summed E-state index contributed by atoms with van der Waals surface area (Å²) in [6.07, 6.45) is 6.19. The first kappa shape index (κ1) is 11.0. The summed E-state index contributed by atoms with van der Waals surface area (Å²) in [7, 11) is 0. The van der Waals surface area contributed by atoms with Crippen molar-refractivity contribution in [3.63, 3.8) is 0 Å². The Morgan fingerprint density at radius 3 is 2.88 bits per heavy atom. The van der Waals surface area contributed by atoms with Gasteiger partial charge in [0.15, 0.2) is 5.75 Å². The highest BCUT2D eigenvalue weighted by Gasteiger charge is 2.41. The van der Waals surface area contributed by atoms with E-state index in [2.05, 4.69) is 5.10 Å². The number of aromatic nitrogens is 2. The summed E-state index contributed by atoms with van der Waals surface area (Å²) in [6, 6.07) is 0. The molecular formula is C11H16N2O3. The van der Waals surface area contributed by atoms with E-state index in [0.717, 1.165) is 25.8 Å². The van der Waals surface area contributed by atoms with Gasteiger partial charge in [-0.15, -0.1) is 0 Å². The lowest BCUT2D eigenvalue weighted by Crippen LogP contribution is -2.44. The number of carboxylic acid groups (broad SMARTS) is 1. The largest absolute Gasteiger partial charge is 0.483 e. The second kappa shape index (κ2) is 4.15. The molecule has 1 aliphatic rings. The molecule has 0 atom stereocenters.